The lowest BCUT2D eigenvalue weighted by Gasteiger charge is -2.25. The van der Waals surface area contributed by atoms with Crippen LogP contribution in [0, 0.1) is 5.92 Å². The predicted molar refractivity (Wildman–Crippen MR) is 73.3 cm³/mol. The Morgan fingerprint density at radius 3 is 2.56 bits per heavy atom. The summed E-state index contributed by atoms with van der Waals surface area (Å²) in [5.74, 6) is 0.365. The fourth-order valence-electron chi connectivity index (χ4n) is 2.45. The molecule has 0 aromatic rings. The molecule has 0 aromatic carbocycles. The molecule has 0 aliphatic carbocycles. The molecule has 7 heteroatoms. The summed E-state index contributed by atoms with van der Waals surface area (Å²) in [6.45, 7) is 3.69. The fraction of sp³-hybridized carbons (Fsp3) is 1.00. The predicted octanol–water partition coefficient (Wildman–Crippen LogP) is 0.586. The first-order valence-corrected chi connectivity index (χ1v) is 7.95. The van der Waals surface area contributed by atoms with E-state index in [1.165, 1.54) is 4.31 Å². The SMILES string of the molecule is CC1CN(S(=O)(=O)CC2CCCCO2)CC1N.Cl. The van der Waals surface area contributed by atoms with E-state index in [9.17, 15) is 8.42 Å². The number of hydrogen-bond acceptors (Lipinski definition) is 4. The van der Waals surface area contributed by atoms with Crippen LogP contribution in [0.2, 0.25) is 0 Å². The molecule has 2 N–H and O–H groups in total. The molecule has 2 fully saturated rings. The van der Waals surface area contributed by atoms with Gasteiger partial charge in [0.05, 0.1) is 11.9 Å². The third kappa shape index (κ3) is 3.81. The van der Waals surface area contributed by atoms with E-state index in [0.717, 1.165) is 19.3 Å². The topological polar surface area (TPSA) is 72.6 Å². The van der Waals surface area contributed by atoms with Gasteiger partial charge < -0.3 is 10.5 Å². The summed E-state index contributed by atoms with van der Waals surface area (Å²) in [6.07, 6.45) is 2.84. The normalized spacial score (nSPS) is 34.2. The zero-order valence-corrected chi connectivity index (χ0v) is 12.4. The van der Waals surface area contributed by atoms with E-state index in [0.29, 0.717) is 19.7 Å². The molecule has 5 nitrogen and oxygen atoms in total. The third-order valence-corrected chi connectivity index (χ3v) is 5.58. The molecule has 2 saturated heterocycles. The molecule has 2 rings (SSSR count). The molecule has 0 spiro atoms. The van der Waals surface area contributed by atoms with E-state index in [1.807, 2.05) is 6.92 Å². The molecule has 0 radical (unpaired) electrons. The van der Waals surface area contributed by atoms with Gasteiger partial charge in [0.15, 0.2) is 0 Å². The van der Waals surface area contributed by atoms with Crippen LogP contribution in [0.4, 0.5) is 0 Å². The summed E-state index contributed by atoms with van der Waals surface area (Å²) in [4.78, 5) is 0. The second kappa shape index (κ2) is 6.52. The molecule has 108 valence electrons. The molecule has 0 saturated carbocycles. The van der Waals surface area contributed by atoms with Crippen LogP contribution < -0.4 is 5.73 Å². The first-order chi connectivity index (χ1) is 7.99. The van der Waals surface area contributed by atoms with Crippen molar-refractivity contribution in [2.75, 3.05) is 25.4 Å². The van der Waals surface area contributed by atoms with Crippen molar-refractivity contribution in [3.8, 4) is 0 Å². The van der Waals surface area contributed by atoms with Gasteiger partial charge in [-0.1, -0.05) is 6.92 Å². The van der Waals surface area contributed by atoms with Crippen LogP contribution in [0.1, 0.15) is 26.2 Å². The Morgan fingerprint density at radius 1 is 1.33 bits per heavy atom. The molecule has 0 amide bonds. The van der Waals surface area contributed by atoms with Crippen molar-refractivity contribution in [2.24, 2.45) is 11.7 Å². The van der Waals surface area contributed by atoms with Crippen molar-refractivity contribution in [1.82, 2.24) is 4.31 Å². The first-order valence-electron chi connectivity index (χ1n) is 6.34. The summed E-state index contributed by atoms with van der Waals surface area (Å²) < 4.78 is 31.4. The molecule has 2 heterocycles. The van der Waals surface area contributed by atoms with Gasteiger partial charge >= 0.3 is 0 Å². The molecule has 0 bridgehead atoms. The first kappa shape index (κ1) is 16.2. The van der Waals surface area contributed by atoms with Gasteiger partial charge in [-0.15, -0.1) is 12.4 Å². The minimum absolute atomic E-state index is 0. The second-order valence-electron chi connectivity index (χ2n) is 5.23. The van der Waals surface area contributed by atoms with Gasteiger partial charge in [0.25, 0.3) is 0 Å². The van der Waals surface area contributed by atoms with Crippen LogP contribution in [0.15, 0.2) is 0 Å². The smallest absolute Gasteiger partial charge is 0.216 e. The number of nitrogens with zero attached hydrogens (tertiary/aromatic N) is 1. The Morgan fingerprint density at radius 2 is 2.06 bits per heavy atom. The van der Waals surface area contributed by atoms with E-state index < -0.39 is 10.0 Å². The molecule has 0 aromatic heterocycles. The van der Waals surface area contributed by atoms with Gasteiger partial charge in [-0.3, -0.25) is 0 Å². The largest absolute Gasteiger partial charge is 0.377 e. The zero-order valence-electron chi connectivity index (χ0n) is 10.7. The lowest BCUT2D eigenvalue weighted by atomic mass is 10.1. The molecule has 2 aliphatic heterocycles. The van der Waals surface area contributed by atoms with Crippen molar-refractivity contribution in [3.63, 3.8) is 0 Å². The molecular weight excluding hydrogens is 276 g/mol. The Bertz CT molecular complexity index is 347. The highest BCUT2D eigenvalue weighted by atomic mass is 35.5. The Hall–Kier alpha value is 0.120. The number of nitrogens with two attached hydrogens (primary N) is 1. The number of rotatable bonds is 3. The van der Waals surface area contributed by atoms with Crippen molar-refractivity contribution in [1.29, 1.82) is 0 Å². The Kier molecular flexibility index (Phi) is 5.86. The van der Waals surface area contributed by atoms with Crippen LogP contribution in [-0.2, 0) is 14.8 Å². The number of sulfonamides is 1. The van der Waals surface area contributed by atoms with Crippen molar-refractivity contribution in [3.05, 3.63) is 0 Å². The molecule has 3 atom stereocenters. The van der Waals surface area contributed by atoms with Gasteiger partial charge in [0.2, 0.25) is 10.0 Å². The standard InChI is InChI=1S/C11H22N2O3S.ClH/c1-9-6-13(7-11(9)12)17(14,15)8-10-4-2-3-5-16-10;/h9-11H,2-8,12H2,1H3;1H. The van der Waals surface area contributed by atoms with E-state index in [2.05, 4.69) is 0 Å². The van der Waals surface area contributed by atoms with Gasteiger partial charge in [-0.05, 0) is 25.2 Å². The average molecular weight is 299 g/mol. The quantitative estimate of drug-likeness (QED) is 0.827. The maximum Gasteiger partial charge on any atom is 0.216 e. The minimum atomic E-state index is -3.20. The van der Waals surface area contributed by atoms with Crippen LogP contribution in [0.3, 0.4) is 0 Å². The molecule has 3 unspecified atom stereocenters. The summed E-state index contributed by atoms with van der Waals surface area (Å²) in [5.41, 5.74) is 5.86. The van der Waals surface area contributed by atoms with E-state index in [4.69, 9.17) is 10.5 Å². The maximum absolute atomic E-state index is 12.2. The van der Waals surface area contributed by atoms with E-state index in [-0.39, 0.29) is 36.2 Å². The van der Waals surface area contributed by atoms with Gasteiger partial charge in [0.1, 0.15) is 0 Å². The van der Waals surface area contributed by atoms with Crippen LogP contribution in [0.5, 0.6) is 0 Å². The fourth-order valence-corrected chi connectivity index (χ4v) is 4.26. The van der Waals surface area contributed by atoms with E-state index >= 15 is 0 Å². The van der Waals surface area contributed by atoms with Crippen LogP contribution in [0.25, 0.3) is 0 Å². The van der Waals surface area contributed by atoms with E-state index in [1.54, 1.807) is 0 Å². The van der Waals surface area contributed by atoms with Crippen molar-refractivity contribution in [2.45, 2.75) is 38.3 Å². The lowest BCUT2D eigenvalue weighted by molar-refractivity contribution is 0.0299. The average Bonchev–Trinajstić information content (AvgIpc) is 2.61. The number of halogens is 1. The summed E-state index contributed by atoms with van der Waals surface area (Å²) >= 11 is 0. The molecule has 18 heavy (non-hydrogen) atoms. The third-order valence-electron chi connectivity index (χ3n) is 3.70. The lowest BCUT2D eigenvalue weighted by Crippen LogP contribution is -2.38. The Balaban J connectivity index is 0.00000162. The summed E-state index contributed by atoms with van der Waals surface area (Å²) in [7, 11) is -3.20. The monoisotopic (exact) mass is 298 g/mol. The zero-order chi connectivity index (χ0) is 12.5. The number of ether oxygens (including phenoxy) is 1. The van der Waals surface area contributed by atoms with Gasteiger partial charge in [-0.25, -0.2) is 8.42 Å². The maximum atomic E-state index is 12.2. The Labute approximate surface area is 116 Å². The molecular formula is C11H23ClN2O3S. The van der Waals surface area contributed by atoms with Gasteiger partial charge in [0, 0.05) is 25.7 Å². The highest BCUT2D eigenvalue weighted by Crippen LogP contribution is 2.21. The van der Waals surface area contributed by atoms with Gasteiger partial charge in [-0.2, -0.15) is 4.31 Å². The van der Waals surface area contributed by atoms with Crippen molar-refractivity contribution >= 4 is 22.4 Å². The summed E-state index contributed by atoms with van der Waals surface area (Å²) in [6, 6.07) is -0.0305. The highest BCUT2D eigenvalue weighted by Gasteiger charge is 2.36. The second-order valence-corrected chi connectivity index (χ2v) is 7.24. The van der Waals surface area contributed by atoms with Crippen molar-refractivity contribution < 1.29 is 13.2 Å². The van der Waals surface area contributed by atoms with Crippen LogP contribution >= 0.6 is 12.4 Å². The highest BCUT2D eigenvalue weighted by molar-refractivity contribution is 7.89. The summed E-state index contributed by atoms with van der Waals surface area (Å²) in [5, 5.41) is 0. The van der Waals surface area contributed by atoms with Crippen LogP contribution in [-0.4, -0.2) is 50.3 Å². The minimum Gasteiger partial charge on any atom is -0.377 e. The number of hydrogen-bond donors (Lipinski definition) is 1. The molecule has 2 aliphatic rings.